The number of ether oxygens (including phenoxy) is 1. The summed E-state index contributed by atoms with van der Waals surface area (Å²) in [5.41, 5.74) is 8.69. The number of benzene rings is 2. The Morgan fingerprint density at radius 3 is 2.54 bits per heavy atom. The van der Waals surface area contributed by atoms with Gasteiger partial charge in [0.2, 0.25) is 0 Å². The van der Waals surface area contributed by atoms with Gasteiger partial charge in [0.05, 0.1) is 5.56 Å². The Kier molecular flexibility index (Phi) is 6.66. The summed E-state index contributed by atoms with van der Waals surface area (Å²) in [4.78, 5) is 26.7. The molecule has 0 spiro atoms. The predicted octanol–water partition coefficient (Wildman–Crippen LogP) is 2.51. The van der Waals surface area contributed by atoms with Gasteiger partial charge in [-0.15, -0.1) is 0 Å². The summed E-state index contributed by atoms with van der Waals surface area (Å²) in [6.45, 7) is 4.31. The van der Waals surface area contributed by atoms with E-state index in [4.69, 9.17) is 10.5 Å². The number of nitrogens with one attached hydrogen (secondary N) is 1. The van der Waals surface area contributed by atoms with Crippen molar-refractivity contribution in [3.8, 4) is 0 Å². The maximum absolute atomic E-state index is 12.1. The second-order valence-electron chi connectivity index (χ2n) is 7.22. The number of hydrogen-bond acceptors (Lipinski definition) is 5. The maximum Gasteiger partial charge on any atom is 0.340 e. The average molecular weight is 381 g/mol. The molecule has 0 saturated carbocycles. The Bertz CT molecular complexity index is 815. The van der Waals surface area contributed by atoms with Crippen molar-refractivity contribution in [1.29, 1.82) is 0 Å². The first-order valence-corrected chi connectivity index (χ1v) is 9.61. The Morgan fingerprint density at radius 1 is 1.11 bits per heavy atom. The quantitative estimate of drug-likeness (QED) is 0.593. The van der Waals surface area contributed by atoms with E-state index in [1.165, 1.54) is 5.56 Å². The lowest BCUT2D eigenvalue weighted by atomic mass is 10.0. The second kappa shape index (κ2) is 9.37. The summed E-state index contributed by atoms with van der Waals surface area (Å²) >= 11 is 0. The van der Waals surface area contributed by atoms with E-state index >= 15 is 0 Å². The molecule has 0 radical (unpaired) electrons. The lowest BCUT2D eigenvalue weighted by molar-refractivity contribution is -0.125. The normalized spacial score (nSPS) is 15.2. The third kappa shape index (κ3) is 5.33. The number of hydrogen-bond donors (Lipinski definition) is 2. The smallest absolute Gasteiger partial charge is 0.340 e. The molecule has 0 bridgehead atoms. The number of rotatable bonds is 6. The molecule has 6 nitrogen and oxygen atoms in total. The van der Waals surface area contributed by atoms with Crippen LogP contribution in [0.25, 0.3) is 0 Å². The zero-order valence-electron chi connectivity index (χ0n) is 16.2. The van der Waals surface area contributed by atoms with Crippen molar-refractivity contribution in [3.05, 3.63) is 65.2 Å². The number of nitrogens with two attached hydrogens (primary N) is 1. The molecule has 3 rings (SSSR count). The van der Waals surface area contributed by atoms with Gasteiger partial charge in [-0.2, -0.15) is 0 Å². The molecule has 0 unspecified atom stereocenters. The summed E-state index contributed by atoms with van der Waals surface area (Å²) in [5, 5.41) is 2.96. The number of nitrogen functional groups attached to an aromatic ring is 1. The number of anilines is 1. The van der Waals surface area contributed by atoms with Gasteiger partial charge in [0.15, 0.2) is 6.61 Å². The number of para-hydroxylation sites is 1. The minimum Gasteiger partial charge on any atom is -0.452 e. The molecule has 1 saturated heterocycles. The number of piperidine rings is 1. The summed E-state index contributed by atoms with van der Waals surface area (Å²) in [6.07, 6.45) is 1.77. The van der Waals surface area contributed by atoms with Crippen LogP contribution in [0.4, 0.5) is 5.69 Å². The van der Waals surface area contributed by atoms with Gasteiger partial charge in [-0.3, -0.25) is 9.69 Å². The van der Waals surface area contributed by atoms with E-state index in [9.17, 15) is 9.59 Å². The molecule has 2 aromatic carbocycles. The number of likely N-dealkylation sites (tertiary alicyclic amines) is 1. The van der Waals surface area contributed by atoms with E-state index in [-0.39, 0.29) is 18.6 Å². The lowest BCUT2D eigenvalue weighted by Crippen LogP contribution is -2.45. The highest BCUT2D eigenvalue weighted by molar-refractivity contribution is 5.96. The van der Waals surface area contributed by atoms with Gasteiger partial charge < -0.3 is 15.8 Å². The minimum atomic E-state index is -0.575. The van der Waals surface area contributed by atoms with Crippen LogP contribution in [0, 0.1) is 6.92 Å². The van der Waals surface area contributed by atoms with Gasteiger partial charge in [-0.05, 0) is 37.0 Å². The van der Waals surface area contributed by atoms with Gasteiger partial charge in [0, 0.05) is 31.4 Å². The first-order chi connectivity index (χ1) is 13.5. The zero-order valence-corrected chi connectivity index (χ0v) is 16.2. The number of nitrogens with zero attached hydrogens (tertiary/aromatic N) is 1. The summed E-state index contributed by atoms with van der Waals surface area (Å²) in [5.74, 6) is -0.852. The largest absolute Gasteiger partial charge is 0.452 e. The molecule has 2 aromatic rings. The third-order valence-corrected chi connectivity index (χ3v) is 5.08. The first kappa shape index (κ1) is 19.9. The Hall–Kier alpha value is -2.86. The van der Waals surface area contributed by atoms with Gasteiger partial charge >= 0.3 is 5.97 Å². The first-order valence-electron chi connectivity index (χ1n) is 9.61. The van der Waals surface area contributed by atoms with E-state index in [2.05, 4.69) is 22.3 Å². The van der Waals surface area contributed by atoms with E-state index < -0.39 is 5.97 Å². The molecule has 0 atom stereocenters. The molecule has 1 amide bonds. The number of amides is 1. The van der Waals surface area contributed by atoms with Crippen molar-refractivity contribution in [2.45, 2.75) is 32.4 Å². The zero-order chi connectivity index (χ0) is 19.9. The fraction of sp³-hybridized carbons (Fsp3) is 0.364. The van der Waals surface area contributed by atoms with Crippen LogP contribution in [0.1, 0.15) is 34.3 Å². The maximum atomic E-state index is 12.1. The fourth-order valence-corrected chi connectivity index (χ4v) is 3.41. The topological polar surface area (TPSA) is 84.7 Å². The SMILES string of the molecule is Cc1cccc(C(=O)OCC(=O)NC2CCN(Cc3ccccc3)CC2)c1N. The van der Waals surface area contributed by atoms with Gasteiger partial charge in [0.25, 0.3) is 5.91 Å². The Balaban J connectivity index is 1.40. The lowest BCUT2D eigenvalue weighted by Gasteiger charge is -2.32. The van der Waals surface area contributed by atoms with Crippen molar-refractivity contribution >= 4 is 17.6 Å². The van der Waals surface area contributed by atoms with Crippen molar-refractivity contribution < 1.29 is 14.3 Å². The highest BCUT2D eigenvalue weighted by atomic mass is 16.5. The van der Waals surface area contributed by atoms with Gasteiger partial charge in [-0.1, -0.05) is 42.5 Å². The van der Waals surface area contributed by atoms with Crippen LogP contribution < -0.4 is 11.1 Å². The fourth-order valence-electron chi connectivity index (χ4n) is 3.41. The van der Waals surface area contributed by atoms with Crippen molar-refractivity contribution in [3.63, 3.8) is 0 Å². The van der Waals surface area contributed by atoms with Gasteiger partial charge in [0.1, 0.15) is 0 Å². The molecule has 1 aliphatic rings. The summed E-state index contributed by atoms with van der Waals surface area (Å²) < 4.78 is 5.13. The second-order valence-corrected chi connectivity index (χ2v) is 7.22. The molecule has 6 heteroatoms. The summed E-state index contributed by atoms with van der Waals surface area (Å²) in [6, 6.07) is 15.7. The standard InChI is InChI=1S/C22H27N3O3/c1-16-6-5-9-19(21(16)23)22(27)28-15-20(26)24-18-10-12-25(13-11-18)14-17-7-3-2-4-8-17/h2-9,18H,10-15,23H2,1H3,(H,24,26). The molecular weight excluding hydrogens is 354 g/mol. The third-order valence-electron chi connectivity index (χ3n) is 5.08. The van der Waals surface area contributed by atoms with E-state index in [0.717, 1.165) is 38.0 Å². The Morgan fingerprint density at radius 2 is 1.82 bits per heavy atom. The monoisotopic (exact) mass is 381 g/mol. The van der Waals surface area contributed by atoms with Gasteiger partial charge in [-0.25, -0.2) is 4.79 Å². The van der Waals surface area contributed by atoms with Crippen molar-refractivity contribution in [2.24, 2.45) is 0 Å². The van der Waals surface area contributed by atoms with Crippen LogP contribution in [0.5, 0.6) is 0 Å². The van der Waals surface area contributed by atoms with Crippen LogP contribution in [-0.4, -0.2) is 42.5 Å². The molecule has 1 heterocycles. The number of carbonyl (C=O) groups is 2. The highest BCUT2D eigenvalue weighted by Crippen LogP contribution is 2.17. The van der Waals surface area contributed by atoms with Crippen LogP contribution >= 0.6 is 0 Å². The van der Waals surface area contributed by atoms with E-state index in [0.29, 0.717) is 11.3 Å². The number of carbonyl (C=O) groups excluding carboxylic acids is 2. The molecular formula is C22H27N3O3. The average Bonchev–Trinajstić information content (AvgIpc) is 2.70. The molecule has 28 heavy (non-hydrogen) atoms. The molecule has 3 N–H and O–H groups in total. The number of esters is 1. The van der Waals surface area contributed by atoms with Crippen LogP contribution in [-0.2, 0) is 16.1 Å². The van der Waals surface area contributed by atoms with Crippen LogP contribution in [0.2, 0.25) is 0 Å². The molecule has 1 aliphatic heterocycles. The van der Waals surface area contributed by atoms with Crippen molar-refractivity contribution in [2.75, 3.05) is 25.4 Å². The molecule has 0 aliphatic carbocycles. The van der Waals surface area contributed by atoms with E-state index in [1.807, 2.05) is 31.2 Å². The highest BCUT2D eigenvalue weighted by Gasteiger charge is 2.21. The van der Waals surface area contributed by atoms with Crippen molar-refractivity contribution in [1.82, 2.24) is 10.2 Å². The summed E-state index contributed by atoms with van der Waals surface area (Å²) in [7, 11) is 0. The number of aryl methyl sites for hydroxylation is 1. The minimum absolute atomic E-state index is 0.113. The van der Waals surface area contributed by atoms with Crippen LogP contribution in [0.3, 0.4) is 0 Å². The van der Waals surface area contributed by atoms with Crippen LogP contribution in [0.15, 0.2) is 48.5 Å². The predicted molar refractivity (Wildman–Crippen MR) is 109 cm³/mol. The Labute approximate surface area is 165 Å². The van der Waals surface area contributed by atoms with E-state index in [1.54, 1.807) is 12.1 Å². The molecule has 0 aromatic heterocycles. The molecule has 1 fully saturated rings. The molecule has 148 valence electrons.